The first-order chi connectivity index (χ1) is 12.1. The van der Waals surface area contributed by atoms with Gasteiger partial charge in [0.2, 0.25) is 11.8 Å². The molecule has 1 aromatic heterocycles. The number of hydrogen-bond acceptors (Lipinski definition) is 4. The Morgan fingerprint density at radius 1 is 1.32 bits per heavy atom. The molecule has 1 aliphatic heterocycles. The summed E-state index contributed by atoms with van der Waals surface area (Å²) in [5.74, 6) is 0.0117. The van der Waals surface area contributed by atoms with Gasteiger partial charge < -0.3 is 16.0 Å². The number of aryl methyl sites for hydroxylation is 1. The molecule has 1 aromatic carbocycles. The van der Waals surface area contributed by atoms with Gasteiger partial charge in [0.25, 0.3) is 0 Å². The molecule has 0 saturated heterocycles. The van der Waals surface area contributed by atoms with Gasteiger partial charge in [0.1, 0.15) is 0 Å². The predicted octanol–water partition coefficient (Wildman–Crippen LogP) is 1.93. The first kappa shape index (κ1) is 17.1. The average molecular weight is 338 g/mol. The molecule has 2 heterocycles. The molecule has 3 N–H and O–H groups in total. The van der Waals surface area contributed by atoms with Crippen LogP contribution in [0.5, 0.6) is 0 Å². The van der Waals surface area contributed by atoms with Crippen LogP contribution in [0.3, 0.4) is 0 Å². The molecule has 6 nitrogen and oxygen atoms in total. The van der Waals surface area contributed by atoms with E-state index < -0.39 is 0 Å². The minimum absolute atomic E-state index is 0.0482. The lowest BCUT2D eigenvalue weighted by Gasteiger charge is -2.20. The van der Waals surface area contributed by atoms with Gasteiger partial charge in [0.15, 0.2) is 0 Å². The minimum Gasteiger partial charge on any atom is -0.351 e. The molecule has 6 heteroatoms. The van der Waals surface area contributed by atoms with Gasteiger partial charge >= 0.3 is 0 Å². The maximum absolute atomic E-state index is 12.0. The number of nitrogens with one attached hydrogen (secondary N) is 3. The second-order valence-electron chi connectivity index (χ2n) is 6.21. The van der Waals surface area contributed by atoms with Crippen molar-refractivity contribution >= 4 is 17.5 Å². The summed E-state index contributed by atoms with van der Waals surface area (Å²) >= 11 is 0. The zero-order valence-corrected chi connectivity index (χ0v) is 14.2. The van der Waals surface area contributed by atoms with Gasteiger partial charge in [-0.2, -0.15) is 0 Å². The van der Waals surface area contributed by atoms with E-state index in [1.165, 1.54) is 0 Å². The summed E-state index contributed by atoms with van der Waals surface area (Å²) < 4.78 is 0. The molecule has 1 atom stereocenters. The highest BCUT2D eigenvalue weighted by atomic mass is 16.2. The van der Waals surface area contributed by atoms with Crippen molar-refractivity contribution in [2.24, 2.45) is 0 Å². The van der Waals surface area contributed by atoms with Crippen LogP contribution in [0.15, 0.2) is 42.7 Å². The fraction of sp³-hybridized carbons (Fsp3) is 0.316. The third kappa shape index (κ3) is 4.64. The Hall–Kier alpha value is -2.73. The number of benzene rings is 1. The standard InChI is InChI=1S/C19H22N4O2/c1-13(15-4-6-17-16(9-15)5-7-18(24)23-17)21-12-19(25)22-11-14-3-2-8-20-10-14/h2-4,6,8-10,13,21H,5,7,11-12H2,1H3,(H,22,25)(H,23,24)/t13-/m1/s1. The molecule has 130 valence electrons. The Kier molecular flexibility index (Phi) is 5.40. The highest BCUT2D eigenvalue weighted by Crippen LogP contribution is 2.25. The Balaban J connectivity index is 1.49. The van der Waals surface area contributed by atoms with Crippen LogP contribution in [0.25, 0.3) is 0 Å². The summed E-state index contributed by atoms with van der Waals surface area (Å²) in [6, 6.07) is 9.83. The summed E-state index contributed by atoms with van der Waals surface area (Å²) in [7, 11) is 0. The summed E-state index contributed by atoms with van der Waals surface area (Å²) in [6.07, 6.45) is 4.73. The van der Waals surface area contributed by atoms with E-state index in [1.54, 1.807) is 12.4 Å². The summed E-state index contributed by atoms with van der Waals surface area (Å²) in [6.45, 7) is 2.74. The molecule has 0 radical (unpaired) electrons. The quantitative estimate of drug-likeness (QED) is 0.752. The number of amides is 2. The number of carbonyl (C=O) groups excluding carboxylic acids is 2. The molecule has 0 spiro atoms. The maximum Gasteiger partial charge on any atom is 0.234 e. The van der Waals surface area contributed by atoms with Gasteiger partial charge in [-0.15, -0.1) is 0 Å². The van der Waals surface area contributed by atoms with E-state index in [2.05, 4.69) is 27.0 Å². The molecule has 1 aliphatic rings. The molecular formula is C19H22N4O2. The van der Waals surface area contributed by atoms with Crippen LogP contribution in [0.1, 0.15) is 36.1 Å². The van der Waals surface area contributed by atoms with Crippen LogP contribution in [0.4, 0.5) is 5.69 Å². The van der Waals surface area contributed by atoms with Crippen LogP contribution in [-0.2, 0) is 22.6 Å². The van der Waals surface area contributed by atoms with E-state index >= 15 is 0 Å². The molecule has 2 aromatic rings. The number of rotatable bonds is 6. The van der Waals surface area contributed by atoms with Crippen molar-refractivity contribution in [1.82, 2.24) is 15.6 Å². The number of anilines is 1. The predicted molar refractivity (Wildman–Crippen MR) is 95.9 cm³/mol. The van der Waals surface area contributed by atoms with Gasteiger partial charge in [-0.05, 0) is 42.2 Å². The molecule has 0 unspecified atom stereocenters. The van der Waals surface area contributed by atoms with Crippen molar-refractivity contribution in [3.05, 3.63) is 59.4 Å². The second-order valence-corrected chi connectivity index (χ2v) is 6.21. The number of carbonyl (C=O) groups is 2. The topological polar surface area (TPSA) is 83.1 Å². The lowest BCUT2D eigenvalue weighted by molar-refractivity contribution is -0.120. The van der Waals surface area contributed by atoms with Gasteiger partial charge in [-0.3, -0.25) is 14.6 Å². The van der Waals surface area contributed by atoms with Crippen molar-refractivity contribution < 1.29 is 9.59 Å². The zero-order valence-electron chi connectivity index (χ0n) is 14.2. The third-order valence-corrected chi connectivity index (χ3v) is 4.31. The highest BCUT2D eigenvalue weighted by molar-refractivity contribution is 5.93. The van der Waals surface area contributed by atoms with Crippen molar-refractivity contribution in [2.75, 3.05) is 11.9 Å². The fourth-order valence-corrected chi connectivity index (χ4v) is 2.80. The average Bonchev–Trinajstić information content (AvgIpc) is 2.64. The first-order valence-electron chi connectivity index (χ1n) is 8.43. The van der Waals surface area contributed by atoms with Crippen molar-refractivity contribution in [1.29, 1.82) is 0 Å². The molecule has 0 saturated carbocycles. The minimum atomic E-state index is -0.0547. The Labute approximate surface area is 147 Å². The Morgan fingerprint density at radius 2 is 2.20 bits per heavy atom. The molecule has 0 bridgehead atoms. The van der Waals surface area contributed by atoms with Crippen LogP contribution < -0.4 is 16.0 Å². The number of pyridine rings is 1. The van der Waals surface area contributed by atoms with Crippen LogP contribution >= 0.6 is 0 Å². The van der Waals surface area contributed by atoms with E-state index in [4.69, 9.17) is 0 Å². The van der Waals surface area contributed by atoms with E-state index in [1.807, 2.05) is 31.2 Å². The summed E-state index contributed by atoms with van der Waals surface area (Å²) in [4.78, 5) is 27.4. The largest absolute Gasteiger partial charge is 0.351 e. The van der Waals surface area contributed by atoms with Crippen molar-refractivity contribution in [3.8, 4) is 0 Å². The van der Waals surface area contributed by atoms with E-state index in [0.29, 0.717) is 13.0 Å². The zero-order chi connectivity index (χ0) is 17.6. The molecule has 25 heavy (non-hydrogen) atoms. The number of nitrogens with zero attached hydrogens (tertiary/aromatic N) is 1. The van der Waals surface area contributed by atoms with E-state index in [-0.39, 0.29) is 24.4 Å². The second kappa shape index (κ2) is 7.90. The smallest absolute Gasteiger partial charge is 0.234 e. The molecule has 3 rings (SSSR count). The van der Waals surface area contributed by atoms with Crippen molar-refractivity contribution in [3.63, 3.8) is 0 Å². The van der Waals surface area contributed by atoms with Gasteiger partial charge in [0.05, 0.1) is 6.54 Å². The first-order valence-corrected chi connectivity index (χ1v) is 8.43. The Morgan fingerprint density at radius 3 is 3.00 bits per heavy atom. The normalized spacial score (nSPS) is 14.4. The monoisotopic (exact) mass is 338 g/mol. The summed E-state index contributed by atoms with van der Waals surface area (Å²) in [5.41, 5.74) is 4.11. The number of fused-ring (bicyclic) bond motifs is 1. The molecule has 2 amide bonds. The van der Waals surface area contributed by atoms with Crippen LogP contribution in [0, 0.1) is 0 Å². The van der Waals surface area contributed by atoms with Gasteiger partial charge in [-0.25, -0.2) is 0 Å². The third-order valence-electron chi connectivity index (χ3n) is 4.31. The SMILES string of the molecule is C[C@@H](NCC(=O)NCc1cccnc1)c1ccc2c(c1)CCC(=O)N2. The number of hydrogen-bond donors (Lipinski definition) is 3. The highest BCUT2D eigenvalue weighted by Gasteiger charge is 2.16. The van der Waals surface area contributed by atoms with Crippen LogP contribution in [0.2, 0.25) is 0 Å². The van der Waals surface area contributed by atoms with Gasteiger partial charge in [-0.1, -0.05) is 18.2 Å². The molecule has 0 aliphatic carbocycles. The van der Waals surface area contributed by atoms with Gasteiger partial charge in [0, 0.05) is 37.1 Å². The molecular weight excluding hydrogens is 316 g/mol. The van der Waals surface area contributed by atoms with E-state index in [9.17, 15) is 9.59 Å². The van der Waals surface area contributed by atoms with Crippen molar-refractivity contribution in [2.45, 2.75) is 32.4 Å². The number of aromatic nitrogens is 1. The maximum atomic E-state index is 12.0. The lowest BCUT2D eigenvalue weighted by atomic mass is 9.98. The van der Waals surface area contributed by atoms with Crippen LogP contribution in [-0.4, -0.2) is 23.3 Å². The Bertz CT molecular complexity index is 761. The van der Waals surface area contributed by atoms with E-state index in [0.717, 1.165) is 28.8 Å². The fourth-order valence-electron chi connectivity index (χ4n) is 2.80. The summed E-state index contributed by atoms with van der Waals surface area (Å²) in [5, 5.41) is 8.99. The molecule has 0 fully saturated rings. The lowest BCUT2D eigenvalue weighted by Crippen LogP contribution is -2.34.